The number of aryl methyl sites for hydroxylation is 1. The molecule has 2 rings (SSSR count). The summed E-state index contributed by atoms with van der Waals surface area (Å²) in [7, 11) is 1.71. The van der Waals surface area contributed by atoms with Crippen molar-refractivity contribution >= 4 is 17.6 Å². The molecule has 1 amide bonds. The quantitative estimate of drug-likeness (QED) is 0.824. The van der Waals surface area contributed by atoms with Crippen LogP contribution < -0.4 is 15.8 Å². The highest BCUT2D eigenvalue weighted by Crippen LogP contribution is 2.16. The largest absolute Gasteiger partial charge is 0.417 e. The second kappa shape index (κ2) is 4.56. The third-order valence-electron chi connectivity index (χ3n) is 2.05. The van der Waals surface area contributed by atoms with Crippen LogP contribution in [0, 0.1) is 0 Å². The number of rotatable bonds is 2. The van der Waals surface area contributed by atoms with Gasteiger partial charge in [-0.15, -0.1) is 0 Å². The summed E-state index contributed by atoms with van der Waals surface area (Å²) in [6.45, 7) is 0. The summed E-state index contributed by atoms with van der Waals surface area (Å²) in [5.74, 6) is 0.713. The van der Waals surface area contributed by atoms with Crippen LogP contribution in [0.4, 0.5) is 16.3 Å². The molecule has 1 heterocycles. The van der Waals surface area contributed by atoms with E-state index in [1.54, 1.807) is 37.5 Å². The molecule has 0 radical (unpaired) electrons. The smallest absolute Gasteiger partial charge is 0.410 e. The molecule has 0 fully saturated rings. The zero-order valence-electron chi connectivity index (χ0n) is 9.25. The van der Waals surface area contributed by atoms with E-state index in [0.717, 1.165) is 0 Å². The number of amides is 1. The first-order chi connectivity index (χ1) is 8.15. The summed E-state index contributed by atoms with van der Waals surface area (Å²) in [5, 5.41) is 6.41. The fourth-order valence-corrected chi connectivity index (χ4v) is 1.33. The topological polar surface area (TPSA) is 82.2 Å². The maximum atomic E-state index is 11.5. The van der Waals surface area contributed by atoms with Gasteiger partial charge in [0.15, 0.2) is 5.82 Å². The van der Waals surface area contributed by atoms with E-state index in [-0.39, 0.29) is 5.82 Å². The molecular formula is C11H12N4O2. The lowest BCUT2D eigenvalue weighted by atomic mass is 10.3. The van der Waals surface area contributed by atoms with Gasteiger partial charge in [0.2, 0.25) is 0 Å². The zero-order valence-corrected chi connectivity index (χ0v) is 9.25. The van der Waals surface area contributed by atoms with E-state index in [1.807, 2.05) is 6.07 Å². The van der Waals surface area contributed by atoms with Gasteiger partial charge in [0.05, 0.1) is 6.20 Å². The molecule has 0 unspecified atom stereocenters. The summed E-state index contributed by atoms with van der Waals surface area (Å²) in [4.78, 5) is 11.5. The summed E-state index contributed by atoms with van der Waals surface area (Å²) in [6.07, 6.45) is 0.998. The maximum absolute atomic E-state index is 11.5. The van der Waals surface area contributed by atoms with Crippen molar-refractivity contribution < 1.29 is 9.53 Å². The number of anilines is 2. The second-order valence-electron chi connectivity index (χ2n) is 3.43. The van der Waals surface area contributed by atoms with Crippen LogP contribution in [0.1, 0.15) is 0 Å². The van der Waals surface area contributed by atoms with Crippen LogP contribution >= 0.6 is 0 Å². The molecule has 6 heteroatoms. The van der Waals surface area contributed by atoms with E-state index >= 15 is 0 Å². The number of aromatic nitrogens is 2. The molecule has 0 bridgehead atoms. The van der Waals surface area contributed by atoms with Crippen molar-refractivity contribution in [2.75, 3.05) is 11.1 Å². The molecule has 6 nitrogen and oxygen atoms in total. The lowest BCUT2D eigenvalue weighted by molar-refractivity contribution is 0.215. The number of nitrogens with two attached hydrogens (primary N) is 1. The van der Waals surface area contributed by atoms with Gasteiger partial charge in [0.1, 0.15) is 11.4 Å². The molecule has 0 atom stereocenters. The van der Waals surface area contributed by atoms with Gasteiger partial charge in [0, 0.05) is 7.05 Å². The van der Waals surface area contributed by atoms with Gasteiger partial charge in [-0.05, 0) is 12.1 Å². The molecule has 0 aliphatic heterocycles. The van der Waals surface area contributed by atoms with E-state index in [0.29, 0.717) is 11.4 Å². The average Bonchev–Trinajstić information content (AvgIpc) is 2.58. The van der Waals surface area contributed by atoms with E-state index in [2.05, 4.69) is 10.4 Å². The number of nitrogens with zero attached hydrogens (tertiary/aromatic N) is 2. The fraction of sp³-hybridized carbons (Fsp3) is 0.0909. The Morgan fingerprint density at radius 2 is 2.12 bits per heavy atom. The second-order valence-corrected chi connectivity index (χ2v) is 3.43. The van der Waals surface area contributed by atoms with Gasteiger partial charge >= 0.3 is 6.09 Å². The van der Waals surface area contributed by atoms with Crippen molar-refractivity contribution in [2.24, 2.45) is 7.05 Å². The molecule has 0 aliphatic carbocycles. The Balaban J connectivity index is 2.01. The van der Waals surface area contributed by atoms with Crippen molar-refractivity contribution in [3.05, 3.63) is 36.5 Å². The molecule has 1 aromatic carbocycles. The van der Waals surface area contributed by atoms with E-state index < -0.39 is 6.09 Å². The van der Waals surface area contributed by atoms with Crippen LogP contribution in [0.15, 0.2) is 36.5 Å². The number of para-hydroxylation sites is 1. The molecule has 17 heavy (non-hydrogen) atoms. The molecule has 1 aromatic heterocycles. The first kappa shape index (κ1) is 11.0. The number of hydrogen-bond acceptors (Lipinski definition) is 4. The standard InChI is InChI=1S/C11H12N4O2/c1-15-7-9(10(12)14-15)13-11(16)17-8-5-3-2-4-6-8/h2-7H,1H3,(H2,12,14)(H,13,16). The summed E-state index contributed by atoms with van der Waals surface area (Å²) < 4.78 is 6.55. The highest BCUT2D eigenvalue weighted by Gasteiger charge is 2.09. The Morgan fingerprint density at radius 3 is 2.71 bits per heavy atom. The van der Waals surface area contributed by atoms with E-state index in [9.17, 15) is 4.79 Å². The molecule has 88 valence electrons. The van der Waals surface area contributed by atoms with Crippen molar-refractivity contribution in [1.29, 1.82) is 0 Å². The Bertz CT molecular complexity index is 522. The third-order valence-corrected chi connectivity index (χ3v) is 2.05. The van der Waals surface area contributed by atoms with Crippen LogP contribution in [0.3, 0.4) is 0 Å². The van der Waals surface area contributed by atoms with Gasteiger partial charge < -0.3 is 10.5 Å². The molecule has 3 N–H and O–H groups in total. The monoisotopic (exact) mass is 232 g/mol. The minimum atomic E-state index is -0.601. The minimum absolute atomic E-state index is 0.248. The Morgan fingerprint density at radius 1 is 1.41 bits per heavy atom. The SMILES string of the molecule is Cn1cc(NC(=O)Oc2ccccc2)c(N)n1. The molecule has 0 spiro atoms. The van der Waals surface area contributed by atoms with Gasteiger partial charge in [-0.2, -0.15) is 5.10 Å². The number of nitrogen functional groups attached to an aromatic ring is 1. The number of carbonyl (C=O) groups excluding carboxylic acids is 1. The first-order valence-electron chi connectivity index (χ1n) is 4.98. The fourth-order valence-electron chi connectivity index (χ4n) is 1.33. The van der Waals surface area contributed by atoms with Crippen molar-refractivity contribution in [3.63, 3.8) is 0 Å². The van der Waals surface area contributed by atoms with Crippen molar-refractivity contribution in [1.82, 2.24) is 9.78 Å². The Labute approximate surface area is 98.0 Å². The van der Waals surface area contributed by atoms with Gasteiger partial charge in [-0.3, -0.25) is 10.00 Å². The van der Waals surface area contributed by atoms with E-state index in [4.69, 9.17) is 10.5 Å². The Kier molecular flexibility index (Phi) is 2.95. The number of nitrogens with one attached hydrogen (secondary N) is 1. The molecule has 2 aromatic rings. The summed E-state index contributed by atoms with van der Waals surface area (Å²) >= 11 is 0. The Hall–Kier alpha value is -2.50. The first-order valence-corrected chi connectivity index (χ1v) is 4.98. The molecule has 0 aliphatic rings. The highest BCUT2D eigenvalue weighted by molar-refractivity contribution is 5.89. The predicted molar refractivity (Wildman–Crippen MR) is 63.7 cm³/mol. The lowest BCUT2D eigenvalue weighted by Crippen LogP contribution is -2.17. The normalized spacial score (nSPS) is 9.94. The number of benzene rings is 1. The van der Waals surface area contributed by atoms with Gasteiger partial charge in [-0.25, -0.2) is 4.79 Å². The van der Waals surface area contributed by atoms with Gasteiger partial charge in [0.25, 0.3) is 0 Å². The van der Waals surface area contributed by atoms with Crippen LogP contribution in [0.5, 0.6) is 5.75 Å². The number of carbonyl (C=O) groups is 1. The highest BCUT2D eigenvalue weighted by atomic mass is 16.6. The molecule has 0 saturated carbocycles. The van der Waals surface area contributed by atoms with E-state index in [1.165, 1.54) is 4.68 Å². The molecule has 0 saturated heterocycles. The lowest BCUT2D eigenvalue weighted by Gasteiger charge is -2.04. The van der Waals surface area contributed by atoms with Crippen molar-refractivity contribution in [3.8, 4) is 5.75 Å². The summed E-state index contributed by atoms with van der Waals surface area (Å²) in [6, 6.07) is 8.77. The van der Waals surface area contributed by atoms with Crippen LogP contribution in [0.25, 0.3) is 0 Å². The van der Waals surface area contributed by atoms with Crippen LogP contribution in [-0.2, 0) is 7.05 Å². The third kappa shape index (κ3) is 2.75. The van der Waals surface area contributed by atoms with Gasteiger partial charge in [-0.1, -0.05) is 18.2 Å². The average molecular weight is 232 g/mol. The number of hydrogen-bond donors (Lipinski definition) is 2. The zero-order chi connectivity index (χ0) is 12.3. The summed E-state index contributed by atoms with van der Waals surface area (Å²) in [5.41, 5.74) is 6.01. The van der Waals surface area contributed by atoms with Crippen molar-refractivity contribution in [2.45, 2.75) is 0 Å². The maximum Gasteiger partial charge on any atom is 0.417 e. The predicted octanol–water partition coefficient (Wildman–Crippen LogP) is 1.61. The number of ether oxygens (including phenoxy) is 1. The van der Waals surface area contributed by atoms with Crippen LogP contribution in [0.2, 0.25) is 0 Å². The molecular weight excluding hydrogens is 220 g/mol. The van der Waals surface area contributed by atoms with Crippen LogP contribution in [-0.4, -0.2) is 15.9 Å². The minimum Gasteiger partial charge on any atom is -0.410 e.